The Bertz CT molecular complexity index is 449. The van der Waals surface area contributed by atoms with E-state index >= 15 is 0 Å². The predicted octanol–water partition coefficient (Wildman–Crippen LogP) is 3.58. The first-order chi connectivity index (χ1) is 9.19. The largest absolute Gasteiger partial charge is 0.324 e. The van der Waals surface area contributed by atoms with E-state index in [0.29, 0.717) is 12.0 Å². The molecular weight excluding hydrogens is 248 g/mol. The summed E-state index contributed by atoms with van der Waals surface area (Å²) in [6.45, 7) is 14.0. The van der Waals surface area contributed by atoms with E-state index in [1.165, 1.54) is 5.56 Å². The number of hydrogen-bond donors (Lipinski definition) is 2. The molecule has 0 bridgehead atoms. The molecule has 0 aromatic heterocycles. The summed E-state index contributed by atoms with van der Waals surface area (Å²) in [6.07, 6.45) is 1.06. The van der Waals surface area contributed by atoms with E-state index in [1.807, 2.05) is 13.8 Å². The summed E-state index contributed by atoms with van der Waals surface area (Å²) in [5.41, 5.74) is 4.70. The van der Waals surface area contributed by atoms with Gasteiger partial charge in [0.25, 0.3) is 0 Å². The lowest BCUT2D eigenvalue weighted by molar-refractivity contribution is -0.115. The van der Waals surface area contributed by atoms with Crippen LogP contribution < -0.4 is 10.6 Å². The zero-order chi connectivity index (χ0) is 15.3. The molecule has 0 aliphatic rings. The molecule has 112 valence electrons. The smallest absolute Gasteiger partial charge is 0.238 e. The number of amides is 1. The summed E-state index contributed by atoms with van der Waals surface area (Å²) in [4.78, 5) is 12.0. The van der Waals surface area contributed by atoms with Gasteiger partial charge in [-0.25, -0.2) is 0 Å². The third-order valence-electron chi connectivity index (χ3n) is 3.28. The quantitative estimate of drug-likeness (QED) is 0.807. The Morgan fingerprint density at radius 3 is 2.15 bits per heavy atom. The summed E-state index contributed by atoms with van der Waals surface area (Å²) in [5.74, 6) is 0.0222. The van der Waals surface area contributed by atoms with Crippen molar-refractivity contribution in [2.24, 2.45) is 5.41 Å². The van der Waals surface area contributed by atoms with Crippen LogP contribution in [-0.4, -0.2) is 19.0 Å². The number of benzene rings is 1. The van der Waals surface area contributed by atoms with Crippen LogP contribution >= 0.6 is 0 Å². The van der Waals surface area contributed by atoms with Gasteiger partial charge in [0, 0.05) is 5.69 Å². The van der Waals surface area contributed by atoms with Crippen molar-refractivity contribution < 1.29 is 4.79 Å². The van der Waals surface area contributed by atoms with Crippen LogP contribution in [0.4, 0.5) is 5.69 Å². The van der Waals surface area contributed by atoms with Crippen LogP contribution in [-0.2, 0) is 4.79 Å². The summed E-state index contributed by atoms with van der Waals surface area (Å²) in [5, 5.41) is 6.20. The van der Waals surface area contributed by atoms with Crippen LogP contribution in [0.5, 0.6) is 0 Å². The fourth-order valence-electron chi connectivity index (χ4n) is 2.23. The van der Waals surface area contributed by atoms with Gasteiger partial charge < -0.3 is 10.6 Å². The second-order valence-corrected chi connectivity index (χ2v) is 6.81. The van der Waals surface area contributed by atoms with Gasteiger partial charge in [0.15, 0.2) is 0 Å². The first-order valence-corrected chi connectivity index (χ1v) is 7.27. The van der Waals surface area contributed by atoms with Crippen molar-refractivity contribution in [3.8, 4) is 0 Å². The summed E-state index contributed by atoms with van der Waals surface area (Å²) >= 11 is 0. The molecule has 3 heteroatoms. The number of anilines is 1. The molecule has 0 saturated heterocycles. The molecule has 3 nitrogen and oxygen atoms in total. The molecular formula is C17H28N2O. The Balaban J connectivity index is 2.47. The van der Waals surface area contributed by atoms with Crippen molar-refractivity contribution in [3.63, 3.8) is 0 Å². The van der Waals surface area contributed by atoms with Crippen LogP contribution in [0.1, 0.15) is 43.9 Å². The highest BCUT2D eigenvalue weighted by Crippen LogP contribution is 2.21. The molecule has 0 radical (unpaired) electrons. The molecule has 1 amide bonds. The Kier molecular flexibility index (Phi) is 5.75. The van der Waals surface area contributed by atoms with Crippen molar-refractivity contribution in [1.82, 2.24) is 5.32 Å². The SMILES string of the molecule is Cc1cc(C)c(NC(=O)CNCCC(C)(C)C)c(C)c1. The van der Waals surface area contributed by atoms with Gasteiger partial charge in [-0.1, -0.05) is 38.5 Å². The molecule has 0 aliphatic heterocycles. The zero-order valence-electron chi connectivity index (χ0n) is 13.7. The van der Waals surface area contributed by atoms with E-state index < -0.39 is 0 Å². The standard InChI is InChI=1S/C17H28N2O/c1-12-9-13(2)16(14(3)10-12)19-15(20)11-18-8-7-17(4,5)6/h9-10,18H,7-8,11H2,1-6H3,(H,19,20). The van der Waals surface area contributed by atoms with E-state index in [2.05, 4.69) is 50.5 Å². The van der Waals surface area contributed by atoms with E-state index in [4.69, 9.17) is 0 Å². The van der Waals surface area contributed by atoms with Gasteiger partial charge in [-0.3, -0.25) is 4.79 Å². The number of nitrogens with one attached hydrogen (secondary N) is 2. The minimum atomic E-state index is 0.0222. The van der Waals surface area contributed by atoms with Gasteiger partial charge in [-0.15, -0.1) is 0 Å². The normalized spacial score (nSPS) is 11.5. The zero-order valence-corrected chi connectivity index (χ0v) is 13.7. The van der Waals surface area contributed by atoms with E-state index in [1.54, 1.807) is 0 Å². The number of hydrogen-bond acceptors (Lipinski definition) is 2. The molecule has 0 atom stereocenters. The maximum atomic E-state index is 12.0. The molecule has 0 unspecified atom stereocenters. The number of carbonyl (C=O) groups excluding carboxylic acids is 1. The maximum absolute atomic E-state index is 12.0. The van der Waals surface area contributed by atoms with Crippen molar-refractivity contribution in [2.75, 3.05) is 18.4 Å². The van der Waals surface area contributed by atoms with Gasteiger partial charge in [-0.2, -0.15) is 0 Å². The Morgan fingerprint density at radius 2 is 1.65 bits per heavy atom. The average molecular weight is 276 g/mol. The number of carbonyl (C=O) groups is 1. The fourth-order valence-corrected chi connectivity index (χ4v) is 2.23. The molecule has 1 rings (SSSR count). The molecule has 0 aliphatic carbocycles. The Hall–Kier alpha value is -1.35. The molecule has 1 aromatic rings. The van der Waals surface area contributed by atoms with E-state index in [0.717, 1.165) is 29.8 Å². The second kappa shape index (κ2) is 6.89. The lowest BCUT2D eigenvalue weighted by Gasteiger charge is -2.18. The van der Waals surface area contributed by atoms with Crippen molar-refractivity contribution in [1.29, 1.82) is 0 Å². The van der Waals surface area contributed by atoms with Crippen LogP contribution in [0.25, 0.3) is 0 Å². The lowest BCUT2D eigenvalue weighted by atomic mass is 9.92. The van der Waals surface area contributed by atoms with Crippen molar-refractivity contribution >= 4 is 11.6 Å². The number of rotatable bonds is 5. The Labute approximate surface area is 123 Å². The third kappa shape index (κ3) is 5.74. The second-order valence-electron chi connectivity index (χ2n) is 6.81. The van der Waals surface area contributed by atoms with Crippen molar-refractivity contribution in [3.05, 3.63) is 28.8 Å². The highest BCUT2D eigenvalue weighted by Gasteiger charge is 2.11. The van der Waals surface area contributed by atoms with E-state index in [9.17, 15) is 4.79 Å². The van der Waals surface area contributed by atoms with Crippen LogP contribution in [0.3, 0.4) is 0 Å². The van der Waals surface area contributed by atoms with Gasteiger partial charge in [0.05, 0.1) is 6.54 Å². The predicted molar refractivity (Wildman–Crippen MR) is 86.2 cm³/mol. The molecule has 20 heavy (non-hydrogen) atoms. The minimum Gasteiger partial charge on any atom is -0.324 e. The number of aryl methyl sites for hydroxylation is 3. The average Bonchev–Trinajstić information content (AvgIpc) is 2.28. The highest BCUT2D eigenvalue weighted by atomic mass is 16.1. The fraction of sp³-hybridized carbons (Fsp3) is 0.588. The van der Waals surface area contributed by atoms with Crippen LogP contribution in [0.2, 0.25) is 0 Å². The van der Waals surface area contributed by atoms with Crippen molar-refractivity contribution in [2.45, 2.75) is 48.0 Å². The minimum absolute atomic E-state index is 0.0222. The monoisotopic (exact) mass is 276 g/mol. The topological polar surface area (TPSA) is 41.1 Å². The lowest BCUT2D eigenvalue weighted by Crippen LogP contribution is -2.30. The maximum Gasteiger partial charge on any atom is 0.238 e. The van der Waals surface area contributed by atoms with E-state index in [-0.39, 0.29) is 5.91 Å². The molecule has 2 N–H and O–H groups in total. The van der Waals surface area contributed by atoms with Crippen LogP contribution in [0, 0.1) is 26.2 Å². The van der Waals surface area contributed by atoms with Crippen LogP contribution in [0.15, 0.2) is 12.1 Å². The molecule has 0 saturated carbocycles. The first kappa shape index (κ1) is 16.7. The Morgan fingerprint density at radius 1 is 1.10 bits per heavy atom. The molecule has 1 aromatic carbocycles. The summed E-state index contributed by atoms with van der Waals surface area (Å²) < 4.78 is 0. The summed E-state index contributed by atoms with van der Waals surface area (Å²) in [7, 11) is 0. The molecule has 0 heterocycles. The molecule has 0 fully saturated rings. The van der Waals surface area contributed by atoms with Gasteiger partial charge in [0.1, 0.15) is 0 Å². The van der Waals surface area contributed by atoms with Gasteiger partial charge in [0.2, 0.25) is 5.91 Å². The van der Waals surface area contributed by atoms with Gasteiger partial charge >= 0.3 is 0 Å². The first-order valence-electron chi connectivity index (χ1n) is 7.27. The summed E-state index contributed by atoms with van der Waals surface area (Å²) in [6, 6.07) is 4.19. The highest BCUT2D eigenvalue weighted by molar-refractivity contribution is 5.93. The third-order valence-corrected chi connectivity index (χ3v) is 3.28. The van der Waals surface area contributed by atoms with Gasteiger partial charge in [-0.05, 0) is 50.3 Å². The molecule has 0 spiro atoms.